The summed E-state index contributed by atoms with van der Waals surface area (Å²) in [6, 6.07) is 15.1. The van der Waals surface area contributed by atoms with Crippen LogP contribution in [-0.2, 0) is 9.59 Å². The Morgan fingerprint density at radius 3 is 2.32 bits per heavy atom. The van der Waals surface area contributed by atoms with Gasteiger partial charge in [0.15, 0.2) is 0 Å². The van der Waals surface area contributed by atoms with Crippen molar-refractivity contribution in [1.82, 2.24) is 9.97 Å². The summed E-state index contributed by atoms with van der Waals surface area (Å²) >= 11 is 1.45. The second kappa shape index (κ2) is 9.92. The summed E-state index contributed by atoms with van der Waals surface area (Å²) in [6.07, 6.45) is 6.02. The average molecular weight is 435 g/mol. The smallest absolute Gasteiger partial charge is 0.234 e. The van der Waals surface area contributed by atoms with Gasteiger partial charge >= 0.3 is 0 Å². The molecule has 0 unspecified atom stereocenters. The number of para-hydroxylation sites is 1. The molecule has 7 heteroatoms. The number of carbonyl (C=O) groups is 2. The summed E-state index contributed by atoms with van der Waals surface area (Å²) in [5.41, 5.74) is 2.33. The highest BCUT2D eigenvalue weighted by atomic mass is 32.2. The summed E-state index contributed by atoms with van der Waals surface area (Å²) in [4.78, 5) is 33.3. The lowest BCUT2D eigenvalue weighted by atomic mass is 9.88. The average Bonchev–Trinajstić information content (AvgIpc) is 2.79. The molecule has 0 aliphatic heterocycles. The number of rotatable bonds is 6. The van der Waals surface area contributed by atoms with Crippen LogP contribution in [0.5, 0.6) is 0 Å². The SMILES string of the molecule is CC(=O)Nc1ccc(NC(=O)CSc2nc(C3CCCCC3)nc3ccccc23)cc1. The van der Waals surface area contributed by atoms with E-state index in [2.05, 4.69) is 10.6 Å². The van der Waals surface area contributed by atoms with Crippen molar-refractivity contribution in [2.75, 3.05) is 16.4 Å². The number of nitrogens with zero attached hydrogens (tertiary/aromatic N) is 2. The number of carbonyl (C=O) groups excluding carboxylic acids is 2. The lowest BCUT2D eigenvalue weighted by Crippen LogP contribution is -2.15. The molecule has 1 saturated carbocycles. The van der Waals surface area contributed by atoms with E-state index < -0.39 is 0 Å². The first kappa shape index (κ1) is 21.3. The molecule has 2 aromatic carbocycles. The van der Waals surface area contributed by atoms with Gasteiger partial charge in [0, 0.05) is 29.6 Å². The molecule has 0 bridgehead atoms. The fourth-order valence-corrected chi connectivity index (χ4v) is 4.72. The van der Waals surface area contributed by atoms with Crippen LogP contribution in [0.2, 0.25) is 0 Å². The Bertz CT molecular complexity index is 1080. The van der Waals surface area contributed by atoms with E-state index in [0.29, 0.717) is 17.3 Å². The number of fused-ring (bicyclic) bond motifs is 1. The molecule has 4 rings (SSSR count). The number of nitrogens with one attached hydrogen (secondary N) is 2. The minimum absolute atomic E-state index is 0.0980. The van der Waals surface area contributed by atoms with Gasteiger partial charge in [-0.2, -0.15) is 0 Å². The van der Waals surface area contributed by atoms with Gasteiger partial charge in [-0.1, -0.05) is 49.2 Å². The van der Waals surface area contributed by atoms with Crippen LogP contribution in [-0.4, -0.2) is 27.5 Å². The molecule has 3 aromatic rings. The first-order valence-corrected chi connectivity index (χ1v) is 11.6. The van der Waals surface area contributed by atoms with Gasteiger partial charge in [0.1, 0.15) is 10.9 Å². The largest absolute Gasteiger partial charge is 0.326 e. The molecular weight excluding hydrogens is 408 g/mol. The Kier molecular flexibility index (Phi) is 6.82. The van der Waals surface area contributed by atoms with Crippen LogP contribution in [0, 0.1) is 0 Å². The first-order chi connectivity index (χ1) is 15.1. The van der Waals surface area contributed by atoms with Crippen molar-refractivity contribution in [3.05, 3.63) is 54.4 Å². The number of hydrogen-bond acceptors (Lipinski definition) is 5. The summed E-state index contributed by atoms with van der Waals surface area (Å²) in [7, 11) is 0. The van der Waals surface area contributed by atoms with Gasteiger partial charge in [0.25, 0.3) is 0 Å². The summed E-state index contributed by atoms with van der Waals surface area (Å²) < 4.78 is 0. The zero-order chi connectivity index (χ0) is 21.6. The van der Waals surface area contributed by atoms with Crippen molar-refractivity contribution in [2.45, 2.75) is 50.0 Å². The van der Waals surface area contributed by atoms with Crippen LogP contribution in [0.4, 0.5) is 11.4 Å². The molecule has 0 atom stereocenters. The minimum atomic E-state index is -0.127. The van der Waals surface area contributed by atoms with Gasteiger partial charge < -0.3 is 10.6 Å². The summed E-state index contributed by atoms with van der Waals surface area (Å²) in [6.45, 7) is 1.46. The zero-order valence-electron chi connectivity index (χ0n) is 17.6. The number of aromatic nitrogens is 2. The van der Waals surface area contributed by atoms with Crippen molar-refractivity contribution in [1.29, 1.82) is 0 Å². The van der Waals surface area contributed by atoms with Crippen LogP contribution in [0.15, 0.2) is 53.6 Å². The van der Waals surface area contributed by atoms with Gasteiger partial charge in [-0.05, 0) is 43.2 Å². The quantitative estimate of drug-likeness (QED) is 0.403. The highest BCUT2D eigenvalue weighted by molar-refractivity contribution is 8.00. The van der Waals surface area contributed by atoms with Gasteiger partial charge in [0.2, 0.25) is 11.8 Å². The topological polar surface area (TPSA) is 84.0 Å². The molecule has 1 heterocycles. The van der Waals surface area contributed by atoms with E-state index in [4.69, 9.17) is 9.97 Å². The number of hydrogen-bond donors (Lipinski definition) is 2. The normalized spacial score (nSPS) is 14.4. The summed E-state index contributed by atoms with van der Waals surface area (Å²) in [5, 5.41) is 7.46. The molecule has 0 saturated heterocycles. The molecular formula is C24H26N4O2S. The number of thioether (sulfide) groups is 1. The molecule has 160 valence electrons. The van der Waals surface area contributed by atoms with Crippen LogP contribution < -0.4 is 10.6 Å². The van der Waals surface area contributed by atoms with E-state index >= 15 is 0 Å². The Morgan fingerprint density at radius 2 is 1.61 bits per heavy atom. The predicted octanol–water partition coefficient (Wildman–Crippen LogP) is 5.37. The van der Waals surface area contributed by atoms with Gasteiger partial charge in [-0.3, -0.25) is 9.59 Å². The third-order valence-electron chi connectivity index (χ3n) is 5.38. The van der Waals surface area contributed by atoms with E-state index in [0.717, 1.165) is 34.6 Å². The van der Waals surface area contributed by atoms with Crippen molar-refractivity contribution in [3.63, 3.8) is 0 Å². The van der Waals surface area contributed by atoms with E-state index in [9.17, 15) is 9.59 Å². The van der Waals surface area contributed by atoms with Crippen molar-refractivity contribution >= 4 is 45.9 Å². The van der Waals surface area contributed by atoms with Crippen molar-refractivity contribution < 1.29 is 9.59 Å². The van der Waals surface area contributed by atoms with Gasteiger partial charge in [-0.25, -0.2) is 9.97 Å². The predicted molar refractivity (Wildman–Crippen MR) is 125 cm³/mol. The second-order valence-corrected chi connectivity index (χ2v) is 8.80. The maximum absolute atomic E-state index is 12.5. The minimum Gasteiger partial charge on any atom is -0.326 e. The maximum atomic E-state index is 12.5. The molecule has 0 spiro atoms. The van der Waals surface area contributed by atoms with Crippen molar-refractivity contribution in [3.8, 4) is 0 Å². The second-order valence-electron chi connectivity index (χ2n) is 7.83. The molecule has 6 nitrogen and oxygen atoms in total. The summed E-state index contributed by atoms with van der Waals surface area (Å²) in [5.74, 6) is 1.36. The highest BCUT2D eigenvalue weighted by Crippen LogP contribution is 2.34. The van der Waals surface area contributed by atoms with Crippen molar-refractivity contribution in [2.24, 2.45) is 0 Å². The lowest BCUT2D eigenvalue weighted by molar-refractivity contribution is -0.114. The van der Waals surface area contributed by atoms with E-state index in [-0.39, 0.29) is 17.6 Å². The Balaban J connectivity index is 1.45. The Hall–Kier alpha value is -2.93. The molecule has 2 N–H and O–H groups in total. The Labute approximate surface area is 186 Å². The standard InChI is InChI=1S/C24H26N4O2S/c1-16(29)25-18-11-13-19(14-12-18)26-22(30)15-31-24-20-9-5-6-10-21(20)27-23(28-24)17-7-3-2-4-8-17/h5-6,9-14,17H,2-4,7-8,15H2,1H3,(H,25,29)(H,26,30). The fraction of sp³-hybridized carbons (Fsp3) is 0.333. The zero-order valence-corrected chi connectivity index (χ0v) is 18.4. The van der Waals surface area contributed by atoms with Gasteiger partial charge in [-0.15, -0.1) is 0 Å². The van der Waals surface area contributed by atoms with Gasteiger partial charge in [0.05, 0.1) is 11.3 Å². The number of benzene rings is 2. The van der Waals surface area contributed by atoms with Crippen LogP contribution in [0.25, 0.3) is 10.9 Å². The number of amides is 2. The number of anilines is 2. The van der Waals surface area contributed by atoms with Crippen LogP contribution in [0.1, 0.15) is 50.8 Å². The third kappa shape index (κ3) is 5.61. The fourth-order valence-electron chi connectivity index (χ4n) is 3.89. The molecule has 1 fully saturated rings. The van der Waals surface area contributed by atoms with E-state index in [1.54, 1.807) is 24.3 Å². The molecule has 1 aliphatic carbocycles. The Morgan fingerprint density at radius 1 is 0.935 bits per heavy atom. The van der Waals surface area contributed by atoms with E-state index in [1.807, 2.05) is 24.3 Å². The molecule has 1 aromatic heterocycles. The maximum Gasteiger partial charge on any atom is 0.234 e. The highest BCUT2D eigenvalue weighted by Gasteiger charge is 2.20. The monoisotopic (exact) mass is 434 g/mol. The van der Waals surface area contributed by atoms with Crippen LogP contribution >= 0.6 is 11.8 Å². The van der Waals surface area contributed by atoms with Crippen LogP contribution in [0.3, 0.4) is 0 Å². The third-order valence-corrected chi connectivity index (χ3v) is 6.38. The molecule has 2 amide bonds. The molecule has 1 aliphatic rings. The first-order valence-electron chi connectivity index (χ1n) is 10.7. The molecule has 31 heavy (non-hydrogen) atoms. The van der Waals surface area contributed by atoms with E-state index in [1.165, 1.54) is 37.9 Å². The molecule has 0 radical (unpaired) electrons. The lowest BCUT2D eigenvalue weighted by Gasteiger charge is -2.21.